The third-order valence-electron chi connectivity index (χ3n) is 3.08. The minimum Gasteiger partial charge on any atom is -0.370 e. The predicted octanol–water partition coefficient (Wildman–Crippen LogP) is 4.34. The van der Waals surface area contributed by atoms with E-state index in [1.54, 1.807) is 17.7 Å². The highest BCUT2D eigenvalue weighted by Gasteiger charge is 2.10. The maximum absolute atomic E-state index is 4.41. The van der Waals surface area contributed by atoms with Gasteiger partial charge in [-0.05, 0) is 47.8 Å². The molecule has 21 heavy (non-hydrogen) atoms. The summed E-state index contributed by atoms with van der Waals surface area (Å²) in [6.45, 7) is 6.01. The Morgan fingerprint density at radius 2 is 1.86 bits per heavy atom. The number of nitrogens with zero attached hydrogens (tertiary/aromatic N) is 2. The number of hydrogen-bond donors (Lipinski definition) is 2. The predicted molar refractivity (Wildman–Crippen MR) is 94.4 cm³/mol. The smallest absolute Gasteiger partial charge is 0.134 e. The van der Waals surface area contributed by atoms with Gasteiger partial charge in [-0.2, -0.15) is 0 Å². The van der Waals surface area contributed by atoms with Crippen LogP contribution < -0.4 is 10.6 Å². The maximum atomic E-state index is 4.41. The number of rotatable bonds is 8. The van der Waals surface area contributed by atoms with Crippen LogP contribution in [0.1, 0.15) is 30.7 Å². The molecule has 0 atom stereocenters. The molecule has 0 spiro atoms. The molecule has 2 rings (SSSR count). The van der Waals surface area contributed by atoms with E-state index in [2.05, 4.69) is 62.5 Å². The van der Waals surface area contributed by atoms with Gasteiger partial charge in [-0.3, -0.25) is 0 Å². The number of hydrogen-bond acceptors (Lipinski definition) is 5. The van der Waals surface area contributed by atoms with Crippen LogP contribution in [-0.2, 0) is 12.8 Å². The Kier molecular flexibility index (Phi) is 6.45. The highest BCUT2D eigenvalue weighted by atomic mass is 79.9. The molecule has 0 saturated heterocycles. The zero-order chi connectivity index (χ0) is 15.1. The molecule has 0 fully saturated rings. The first kappa shape index (κ1) is 16.2. The Hall–Kier alpha value is -1.14. The van der Waals surface area contributed by atoms with E-state index in [-0.39, 0.29) is 0 Å². The van der Waals surface area contributed by atoms with E-state index in [0.29, 0.717) is 0 Å². The minimum absolute atomic E-state index is 0.871. The molecule has 0 aliphatic rings. The highest BCUT2D eigenvalue weighted by Crippen LogP contribution is 2.24. The molecule has 2 aromatic rings. The first-order valence-corrected chi connectivity index (χ1v) is 8.91. The molecule has 0 aliphatic heterocycles. The Labute approximate surface area is 138 Å². The van der Waals surface area contributed by atoms with Gasteiger partial charge in [0.25, 0.3) is 0 Å². The summed E-state index contributed by atoms with van der Waals surface area (Å²) in [6.07, 6.45) is 4.69. The molecule has 4 nitrogen and oxygen atoms in total. The third kappa shape index (κ3) is 4.68. The van der Waals surface area contributed by atoms with Crippen molar-refractivity contribution in [3.05, 3.63) is 32.7 Å². The van der Waals surface area contributed by atoms with Crippen molar-refractivity contribution in [2.24, 2.45) is 0 Å². The molecule has 2 N–H and O–H groups in total. The van der Waals surface area contributed by atoms with Crippen LogP contribution in [0.4, 0.5) is 11.6 Å². The minimum atomic E-state index is 0.871. The van der Waals surface area contributed by atoms with Crippen LogP contribution in [0.5, 0.6) is 0 Å². The molecule has 2 aromatic heterocycles. The van der Waals surface area contributed by atoms with Crippen molar-refractivity contribution >= 4 is 38.9 Å². The summed E-state index contributed by atoms with van der Waals surface area (Å²) in [4.78, 5) is 10.1. The lowest BCUT2D eigenvalue weighted by atomic mass is 10.1. The summed E-state index contributed by atoms with van der Waals surface area (Å²) in [5.41, 5.74) is 1.19. The molecule has 2 heterocycles. The van der Waals surface area contributed by atoms with Crippen LogP contribution in [-0.4, -0.2) is 23.1 Å². The molecule has 0 aliphatic carbocycles. The lowest BCUT2D eigenvalue weighted by Crippen LogP contribution is -2.12. The Balaban J connectivity index is 2.02. The van der Waals surface area contributed by atoms with Gasteiger partial charge in [0.05, 0.1) is 3.79 Å². The average molecular weight is 369 g/mol. The average Bonchev–Trinajstić information content (AvgIpc) is 2.88. The lowest BCUT2D eigenvalue weighted by molar-refractivity contribution is 0.893. The monoisotopic (exact) mass is 368 g/mol. The number of thiophene rings is 1. The van der Waals surface area contributed by atoms with Gasteiger partial charge >= 0.3 is 0 Å². The van der Waals surface area contributed by atoms with E-state index in [1.165, 1.54) is 14.2 Å². The van der Waals surface area contributed by atoms with Gasteiger partial charge in [-0.1, -0.05) is 13.3 Å². The highest BCUT2D eigenvalue weighted by molar-refractivity contribution is 9.11. The normalized spacial score (nSPS) is 10.6. The maximum Gasteiger partial charge on any atom is 0.134 e. The topological polar surface area (TPSA) is 49.8 Å². The van der Waals surface area contributed by atoms with Gasteiger partial charge in [-0.25, -0.2) is 9.97 Å². The van der Waals surface area contributed by atoms with Crippen molar-refractivity contribution in [3.8, 4) is 0 Å². The van der Waals surface area contributed by atoms with Crippen LogP contribution in [0, 0.1) is 0 Å². The summed E-state index contributed by atoms with van der Waals surface area (Å²) in [5.74, 6) is 1.91. The fraction of sp³-hybridized carbons (Fsp3) is 0.467. The van der Waals surface area contributed by atoms with Gasteiger partial charge in [0.2, 0.25) is 0 Å². The van der Waals surface area contributed by atoms with Gasteiger partial charge in [0.15, 0.2) is 0 Å². The molecule has 0 unspecified atom stereocenters. The van der Waals surface area contributed by atoms with E-state index < -0.39 is 0 Å². The summed E-state index contributed by atoms with van der Waals surface area (Å²) < 4.78 is 1.18. The van der Waals surface area contributed by atoms with E-state index in [0.717, 1.165) is 44.0 Å². The van der Waals surface area contributed by atoms with Crippen molar-refractivity contribution in [2.75, 3.05) is 23.7 Å². The standard InChI is InChI=1S/C15H21BrN4S/c1-3-5-12-14(17-4-2)19-10-20-15(12)18-9-8-11-6-7-13(16)21-11/h6-7,10H,3-5,8-9H2,1-2H3,(H2,17,18,19,20). The summed E-state index contributed by atoms with van der Waals surface area (Å²) in [6, 6.07) is 4.25. The number of halogens is 1. The molecule has 0 radical (unpaired) electrons. The number of aromatic nitrogens is 2. The summed E-state index contributed by atoms with van der Waals surface area (Å²) in [7, 11) is 0. The second-order valence-electron chi connectivity index (χ2n) is 4.71. The van der Waals surface area contributed by atoms with Crippen molar-refractivity contribution in [2.45, 2.75) is 33.1 Å². The van der Waals surface area contributed by atoms with Crippen molar-refractivity contribution in [1.29, 1.82) is 0 Å². The van der Waals surface area contributed by atoms with E-state index >= 15 is 0 Å². The van der Waals surface area contributed by atoms with Gasteiger partial charge in [-0.15, -0.1) is 11.3 Å². The fourth-order valence-electron chi connectivity index (χ4n) is 2.16. The molecular weight excluding hydrogens is 348 g/mol. The van der Waals surface area contributed by atoms with Crippen molar-refractivity contribution in [1.82, 2.24) is 9.97 Å². The molecule has 6 heteroatoms. The van der Waals surface area contributed by atoms with Gasteiger partial charge in [0.1, 0.15) is 18.0 Å². The SMILES string of the molecule is CCCc1c(NCC)ncnc1NCCc1ccc(Br)s1. The summed E-state index contributed by atoms with van der Waals surface area (Å²) >= 11 is 5.28. The Morgan fingerprint density at radius 3 is 2.48 bits per heavy atom. The lowest BCUT2D eigenvalue weighted by Gasteiger charge is -2.14. The quantitative estimate of drug-likeness (QED) is 0.727. The third-order valence-corrected chi connectivity index (χ3v) is 4.77. The van der Waals surface area contributed by atoms with E-state index in [1.807, 2.05) is 0 Å². The zero-order valence-corrected chi connectivity index (χ0v) is 14.9. The first-order chi connectivity index (χ1) is 10.2. The first-order valence-electron chi connectivity index (χ1n) is 7.30. The van der Waals surface area contributed by atoms with E-state index in [4.69, 9.17) is 0 Å². The van der Waals surface area contributed by atoms with E-state index in [9.17, 15) is 0 Å². The Bertz CT molecular complexity index is 571. The molecule has 0 saturated carbocycles. The molecule has 0 amide bonds. The molecule has 0 bridgehead atoms. The van der Waals surface area contributed by atoms with Crippen LogP contribution in [0.25, 0.3) is 0 Å². The second kappa shape index (κ2) is 8.34. The summed E-state index contributed by atoms with van der Waals surface area (Å²) in [5, 5.41) is 6.77. The second-order valence-corrected chi connectivity index (χ2v) is 7.26. The van der Waals surface area contributed by atoms with Crippen LogP contribution in [0.3, 0.4) is 0 Å². The Morgan fingerprint density at radius 1 is 1.10 bits per heavy atom. The van der Waals surface area contributed by atoms with Crippen LogP contribution >= 0.6 is 27.3 Å². The van der Waals surface area contributed by atoms with Crippen molar-refractivity contribution < 1.29 is 0 Å². The largest absolute Gasteiger partial charge is 0.370 e. The fourth-order valence-corrected chi connectivity index (χ4v) is 3.64. The van der Waals surface area contributed by atoms with Gasteiger partial charge in [0, 0.05) is 23.5 Å². The van der Waals surface area contributed by atoms with Crippen LogP contribution in [0.2, 0.25) is 0 Å². The number of anilines is 2. The van der Waals surface area contributed by atoms with Crippen molar-refractivity contribution in [3.63, 3.8) is 0 Å². The van der Waals surface area contributed by atoms with Gasteiger partial charge < -0.3 is 10.6 Å². The van der Waals surface area contributed by atoms with Crippen LogP contribution in [0.15, 0.2) is 22.2 Å². The zero-order valence-electron chi connectivity index (χ0n) is 12.4. The molecular formula is C15H21BrN4S. The number of nitrogens with one attached hydrogen (secondary N) is 2. The molecule has 0 aromatic carbocycles. The molecule has 114 valence electrons.